The average molecular weight is 434 g/mol. The molecule has 3 aromatic rings. The number of carbonyl (C=O) groups excluding carboxylic acids is 2. The zero-order valence-corrected chi connectivity index (χ0v) is 18.2. The zero-order chi connectivity index (χ0) is 22.5. The van der Waals surface area contributed by atoms with Crippen molar-refractivity contribution in [1.82, 2.24) is 0 Å². The highest BCUT2D eigenvalue weighted by atomic mass is 16.5. The van der Waals surface area contributed by atoms with Crippen LogP contribution in [0.1, 0.15) is 46.7 Å². The van der Waals surface area contributed by atoms with Crippen LogP contribution in [-0.2, 0) is 6.42 Å². The number of furan rings is 1. The van der Waals surface area contributed by atoms with Crippen LogP contribution in [0.25, 0.3) is 0 Å². The molecule has 0 fully saturated rings. The quantitative estimate of drug-likeness (QED) is 0.571. The number of aryl methyl sites for hydroxylation is 1. The highest BCUT2D eigenvalue weighted by molar-refractivity contribution is 6.06. The van der Waals surface area contributed by atoms with E-state index in [9.17, 15) is 9.59 Å². The van der Waals surface area contributed by atoms with Crippen LogP contribution in [0.2, 0.25) is 0 Å². The van der Waals surface area contributed by atoms with Crippen LogP contribution < -0.4 is 19.7 Å². The van der Waals surface area contributed by atoms with Gasteiger partial charge in [-0.3, -0.25) is 9.59 Å². The molecule has 0 radical (unpaired) electrons. The molecule has 0 saturated heterocycles. The van der Waals surface area contributed by atoms with E-state index >= 15 is 0 Å². The Balaban J connectivity index is 1.53. The number of rotatable bonds is 7. The van der Waals surface area contributed by atoms with Crippen molar-refractivity contribution in [2.24, 2.45) is 0 Å². The van der Waals surface area contributed by atoms with Crippen molar-refractivity contribution in [2.75, 3.05) is 30.0 Å². The Labute approximate surface area is 186 Å². The van der Waals surface area contributed by atoms with Gasteiger partial charge in [0.15, 0.2) is 17.3 Å². The van der Waals surface area contributed by atoms with E-state index in [0.717, 1.165) is 24.1 Å². The molecular formula is C25H26N2O5. The molecule has 7 heteroatoms. The van der Waals surface area contributed by atoms with Crippen molar-refractivity contribution in [3.63, 3.8) is 0 Å². The van der Waals surface area contributed by atoms with Gasteiger partial charge in [0.25, 0.3) is 11.8 Å². The predicted molar refractivity (Wildman–Crippen MR) is 122 cm³/mol. The molecule has 2 heterocycles. The van der Waals surface area contributed by atoms with Gasteiger partial charge in [-0.1, -0.05) is 0 Å². The summed E-state index contributed by atoms with van der Waals surface area (Å²) in [6.07, 6.45) is 3.17. The average Bonchev–Trinajstić information content (AvgIpc) is 3.34. The second kappa shape index (κ2) is 9.60. The lowest BCUT2D eigenvalue weighted by atomic mass is 10.0. The lowest BCUT2D eigenvalue weighted by Gasteiger charge is -2.29. The normalized spacial score (nSPS) is 12.8. The van der Waals surface area contributed by atoms with Gasteiger partial charge < -0.3 is 24.1 Å². The van der Waals surface area contributed by atoms with E-state index < -0.39 is 0 Å². The highest BCUT2D eigenvalue weighted by Crippen LogP contribution is 2.32. The standard InChI is InChI=1S/C25H26N2O5/c1-3-30-21-12-9-18(16-23(21)31-4-2)24(28)26-19-10-11-20-17(15-19)7-5-13-27(20)25(29)22-8-6-14-32-22/h6,8-12,14-16H,3-5,7,13H2,1-2H3,(H,26,28). The van der Waals surface area contributed by atoms with Gasteiger partial charge in [0.2, 0.25) is 0 Å². The molecule has 0 aliphatic carbocycles. The molecule has 32 heavy (non-hydrogen) atoms. The molecule has 2 amide bonds. The molecule has 1 aliphatic rings. The van der Waals surface area contributed by atoms with E-state index in [-0.39, 0.29) is 11.8 Å². The summed E-state index contributed by atoms with van der Waals surface area (Å²) >= 11 is 0. The molecule has 7 nitrogen and oxygen atoms in total. The summed E-state index contributed by atoms with van der Waals surface area (Å²) in [6.45, 7) is 5.40. The van der Waals surface area contributed by atoms with Gasteiger partial charge in [0.1, 0.15) is 0 Å². The number of anilines is 2. The highest BCUT2D eigenvalue weighted by Gasteiger charge is 2.25. The summed E-state index contributed by atoms with van der Waals surface area (Å²) in [5, 5.41) is 2.94. The third-order valence-electron chi connectivity index (χ3n) is 5.24. The Morgan fingerprint density at radius 1 is 1.03 bits per heavy atom. The maximum absolute atomic E-state index is 12.9. The first-order valence-electron chi connectivity index (χ1n) is 10.8. The minimum atomic E-state index is -0.242. The van der Waals surface area contributed by atoms with Gasteiger partial charge in [-0.05, 0) is 80.8 Å². The number of benzene rings is 2. The van der Waals surface area contributed by atoms with Crippen molar-refractivity contribution >= 4 is 23.2 Å². The number of carbonyl (C=O) groups is 2. The molecule has 1 aromatic heterocycles. The molecule has 0 bridgehead atoms. The van der Waals surface area contributed by atoms with Crippen LogP contribution in [0.3, 0.4) is 0 Å². The van der Waals surface area contributed by atoms with Crippen molar-refractivity contribution in [3.8, 4) is 11.5 Å². The van der Waals surface area contributed by atoms with Crippen molar-refractivity contribution in [1.29, 1.82) is 0 Å². The van der Waals surface area contributed by atoms with Crippen molar-refractivity contribution < 1.29 is 23.5 Å². The number of amides is 2. The van der Waals surface area contributed by atoms with Crippen molar-refractivity contribution in [2.45, 2.75) is 26.7 Å². The summed E-state index contributed by atoms with van der Waals surface area (Å²) in [5.74, 6) is 1.07. The molecule has 4 rings (SSSR count). The first-order chi connectivity index (χ1) is 15.6. The second-order valence-corrected chi connectivity index (χ2v) is 7.36. The third kappa shape index (κ3) is 4.46. The summed E-state index contributed by atoms with van der Waals surface area (Å²) < 4.78 is 16.5. The van der Waals surface area contributed by atoms with E-state index in [1.807, 2.05) is 32.0 Å². The lowest BCUT2D eigenvalue weighted by Crippen LogP contribution is -2.35. The van der Waals surface area contributed by atoms with Crippen LogP contribution in [-0.4, -0.2) is 31.6 Å². The number of nitrogens with one attached hydrogen (secondary N) is 1. The summed E-state index contributed by atoms with van der Waals surface area (Å²) in [6, 6.07) is 14.1. The number of ether oxygens (including phenoxy) is 2. The monoisotopic (exact) mass is 434 g/mol. The Kier molecular flexibility index (Phi) is 6.44. The Morgan fingerprint density at radius 2 is 1.84 bits per heavy atom. The fourth-order valence-electron chi connectivity index (χ4n) is 3.81. The van der Waals surface area contributed by atoms with Crippen LogP contribution in [0.4, 0.5) is 11.4 Å². The van der Waals surface area contributed by atoms with E-state index in [2.05, 4.69) is 5.32 Å². The molecule has 0 spiro atoms. The van der Waals surface area contributed by atoms with Crippen LogP contribution >= 0.6 is 0 Å². The summed E-state index contributed by atoms with van der Waals surface area (Å²) in [5.41, 5.74) is 3.00. The maximum atomic E-state index is 12.9. The fraction of sp³-hybridized carbons (Fsp3) is 0.280. The minimum absolute atomic E-state index is 0.162. The largest absolute Gasteiger partial charge is 0.490 e. The van der Waals surface area contributed by atoms with Crippen molar-refractivity contribution in [3.05, 3.63) is 71.7 Å². The van der Waals surface area contributed by atoms with Gasteiger partial charge in [-0.25, -0.2) is 0 Å². The van der Waals surface area contributed by atoms with E-state index in [1.165, 1.54) is 6.26 Å². The molecule has 2 aromatic carbocycles. The molecule has 0 saturated carbocycles. The topological polar surface area (TPSA) is 81.0 Å². The fourth-order valence-corrected chi connectivity index (χ4v) is 3.81. The molecular weight excluding hydrogens is 408 g/mol. The summed E-state index contributed by atoms with van der Waals surface area (Å²) in [7, 11) is 0. The van der Waals surface area contributed by atoms with E-state index in [1.54, 1.807) is 35.2 Å². The number of hydrogen-bond acceptors (Lipinski definition) is 5. The maximum Gasteiger partial charge on any atom is 0.293 e. The Bertz CT molecular complexity index is 1110. The van der Waals surface area contributed by atoms with Gasteiger partial charge >= 0.3 is 0 Å². The molecule has 0 unspecified atom stereocenters. The predicted octanol–water partition coefficient (Wildman–Crippen LogP) is 4.92. The Hall–Kier alpha value is -3.74. The van der Waals surface area contributed by atoms with Gasteiger partial charge in [0.05, 0.1) is 19.5 Å². The second-order valence-electron chi connectivity index (χ2n) is 7.36. The smallest absolute Gasteiger partial charge is 0.293 e. The van der Waals surface area contributed by atoms with Gasteiger partial charge in [0, 0.05) is 23.5 Å². The number of hydrogen-bond donors (Lipinski definition) is 1. The molecule has 1 aliphatic heterocycles. The van der Waals surface area contributed by atoms with Crippen LogP contribution in [0.5, 0.6) is 11.5 Å². The minimum Gasteiger partial charge on any atom is -0.490 e. The van der Waals surface area contributed by atoms with Gasteiger partial charge in [-0.2, -0.15) is 0 Å². The van der Waals surface area contributed by atoms with Gasteiger partial charge in [-0.15, -0.1) is 0 Å². The molecule has 1 N–H and O–H groups in total. The SMILES string of the molecule is CCOc1ccc(C(=O)Nc2ccc3c(c2)CCCN3C(=O)c2ccco2)cc1OCC. The van der Waals surface area contributed by atoms with Crippen LogP contribution in [0, 0.1) is 0 Å². The number of fused-ring (bicyclic) bond motifs is 1. The first kappa shape index (κ1) is 21.5. The Morgan fingerprint density at radius 3 is 2.59 bits per heavy atom. The molecule has 0 atom stereocenters. The number of nitrogens with zero attached hydrogens (tertiary/aromatic N) is 1. The van der Waals surface area contributed by atoms with E-state index in [4.69, 9.17) is 13.9 Å². The third-order valence-corrected chi connectivity index (χ3v) is 5.24. The summed E-state index contributed by atoms with van der Waals surface area (Å²) in [4.78, 5) is 27.3. The van der Waals surface area contributed by atoms with Crippen LogP contribution in [0.15, 0.2) is 59.2 Å². The first-order valence-corrected chi connectivity index (χ1v) is 10.8. The van der Waals surface area contributed by atoms with E-state index in [0.29, 0.717) is 48.3 Å². The zero-order valence-electron chi connectivity index (χ0n) is 18.2. The molecule has 166 valence electrons. The lowest BCUT2D eigenvalue weighted by molar-refractivity contribution is 0.0957.